The maximum Gasteiger partial charge on any atom is 0.224 e. The van der Waals surface area contributed by atoms with Gasteiger partial charge in [-0.2, -0.15) is 0 Å². The van der Waals surface area contributed by atoms with Crippen LogP contribution >= 0.6 is 0 Å². The van der Waals surface area contributed by atoms with Gasteiger partial charge in [0, 0.05) is 13.1 Å². The molecule has 0 radical (unpaired) electrons. The third kappa shape index (κ3) is 4.22. The molecule has 0 aromatic carbocycles. The highest BCUT2D eigenvalue weighted by molar-refractivity contribution is 7.88. The number of hydrogen-bond acceptors (Lipinski definition) is 4. The summed E-state index contributed by atoms with van der Waals surface area (Å²) >= 11 is 0. The molecular weight excluding hydrogens is 256 g/mol. The number of hydrogen-bond donors (Lipinski definition) is 2. The van der Waals surface area contributed by atoms with Crippen LogP contribution in [-0.2, 0) is 14.8 Å². The Morgan fingerprint density at radius 3 is 2.72 bits per heavy atom. The first kappa shape index (κ1) is 15.4. The van der Waals surface area contributed by atoms with E-state index in [1.165, 1.54) is 4.31 Å². The number of carbonyl (C=O) groups excluding carboxylic acids is 1. The Morgan fingerprint density at radius 2 is 2.22 bits per heavy atom. The van der Waals surface area contributed by atoms with E-state index in [1.807, 2.05) is 6.92 Å². The fourth-order valence-electron chi connectivity index (χ4n) is 2.05. The smallest absolute Gasteiger partial charge is 0.224 e. The summed E-state index contributed by atoms with van der Waals surface area (Å²) in [5.41, 5.74) is 0. The van der Waals surface area contributed by atoms with E-state index in [0.717, 1.165) is 6.26 Å². The topological polar surface area (TPSA) is 86.7 Å². The zero-order chi connectivity index (χ0) is 13.8. The largest absolute Gasteiger partial charge is 0.394 e. The molecule has 6 nitrogen and oxygen atoms in total. The molecule has 1 fully saturated rings. The Morgan fingerprint density at radius 1 is 1.56 bits per heavy atom. The summed E-state index contributed by atoms with van der Waals surface area (Å²) in [6.07, 6.45) is 3.21. The minimum absolute atomic E-state index is 0.0925. The Kier molecular flexibility index (Phi) is 5.55. The molecule has 0 bridgehead atoms. The van der Waals surface area contributed by atoms with E-state index in [1.54, 1.807) is 0 Å². The van der Waals surface area contributed by atoms with Gasteiger partial charge in [0.15, 0.2) is 0 Å². The van der Waals surface area contributed by atoms with Crippen molar-refractivity contribution in [3.8, 4) is 0 Å². The molecule has 18 heavy (non-hydrogen) atoms. The Balaban J connectivity index is 2.58. The summed E-state index contributed by atoms with van der Waals surface area (Å²) in [5.74, 6) is -0.474. The molecule has 0 spiro atoms. The number of sulfonamides is 1. The molecule has 0 aromatic rings. The molecule has 1 aliphatic heterocycles. The zero-order valence-corrected chi connectivity index (χ0v) is 11.7. The lowest BCUT2D eigenvalue weighted by Crippen LogP contribution is -2.47. The Bertz CT molecular complexity index is 379. The van der Waals surface area contributed by atoms with Gasteiger partial charge in [-0.25, -0.2) is 12.7 Å². The number of rotatable bonds is 5. The van der Waals surface area contributed by atoms with Crippen molar-refractivity contribution in [3.63, 3.8) is 0 Å². The van der Waals surface area contributed by atoms with E-state index in [9.17, 15) is 13.2 Å². The van der Waals surface area contributed by atoms with Crippen molar-refractivity contribution in [1.29, 1.82) is 0 Å². The lowest BCUT2D eigenvalue weighted by molar-refractivity contribution is -0.127. The predicted octanol–water partition coefficient (Wildman–Crippen LogP) is -0.455. The third-order valence-corrected chi connectivity index (χ3v) is 4.55. The second kappa shape index (κ2) is 6.49. The van der Waals surface area contributed by atoms with Gasteiger partial charge in [0.2, 0.25) is 15.9 Å². The number of nitrogens with one attached hydrogen (secondary N) is 1. The van der Waals surface area contributed by atoms with Crippen LogP contribution < -0.4 is 5.32 Å². The number of aliphatic hydroxyl groups is 1. The average Bonchev–Trinajstić information content (AvgIpc) is 2.34. The van der Waals surface area contributed by atoms with Gasteiger partial charge in [0.25, 0.3) is 0 Å². The number of nitrogens with zero attached hydrogens (tertiary/aromatic N) is 1. The number of aliphatic hydroxyl groups excluding tert-OH is 1. The van der Waals surface area contributed by atoms with E-state index in [4.69, 9.17) is 5.11 Å². The van der Waals surface area contributed by atoms with Crippen LogP contribution in [0.1, 0.15) is 26.2 Å². The Hall–Kier alpha value is -0.660. The van der Waals surface area contributed by atoms with Crippen LogP contribution in [0.15, 0.2) is 0 Å². The van der Waals surface area contributed by atoms with Crippen LogP contribution in [-0.4, -0.2) is 55.7 Å². The molecule has 1 saturated heterocycles. The second-order valence-corrected chi connectivity index (χ2v) is 6.74. The van der Waals surface area contributed by atoms with Crippen LogP contribution in [0.3, 0.4) is 0 Å². The van der Waals surface area contributed by atoms with Crippen LogP contribution in [0, 0.1) is 5.92 Å². The highest BCUT2D eigenvalue weighted by Crippen LogP contribution is 2.19. The fourth-order valence-corrected chi connectivity index (χ4v) is 2.96. The molecule has 0 aromatic heterocycles. The highest BCUT2D eigenvalue weighted by atomic mass is 32.2. The van der Waals surface area contributed by atoms with Crippen LogP contribution in [0.4, 0.5) is 0 Å². The summed E-state index contributed by atoms with van der Waals surface area (Å²) in [5, 5.41) is 11.8. The fraction of sp³-hybridized carbons (Fsp3) is 0.909. The number of amides is 1. The molecular formula is C11H22N2O4S. The molecule has 0 saturated carbocycles. The SMILES string of the molecule is CCC(CO)NC(=O)C1CCCN(S(C)(=O)=O)C1. The van der Waals surface area contributed by atoms with E-state index >= 15 is 0 Å². The van der Waals surface area contributed by atoms with E-state index in [-0.39, 0.29) is 31.0 Å². The first-order chi connectivity index (χ1) is 8.38. The van der Waals surface area contributed by atoms with Gasteiger partial charge >= 0.3 is 0 Å². The molecule has 1 heterocycles. The monoisotopic (exact) mass is 278 g/mol. The minimum atomic E-state index is -3.23. The minimum Gasteiger partial charge on any atom is -0.394 e. The molecule has 2 atom stereocenters. The number of carbonyl (C=O) groups is 1. The maximum atomic E-state index is 12.0. The zero-order valence-electron chi connectivity index (χ0n) is 10.9. The van der Waals surface area contributed by atoms with Crippen LogP contribution in [0.2, 0.25) is 0 Å². The summed E-state index contributed by atoms with van der Waals surface area (Å²) in [6, 6.07) is -0.244. The molecule has 1 rings (SSSR count). The van der Waals surface area contributed by atoms with Gasteiger partial charge in [-0.15, -0.1) is 0 Å². The van der Waals surface area contributed by atoms with Crippen molar-refractivity contribution in [3.05, 3.63) is 0 Å². The molecule has 1 aliphatic rings. The van der Waals surface area contributed by atoms with Gasteiger partial charge in [-0.3, -0.25) is 4.79 Å². The van der Waals surface area contributed by atoms with Crippen molar-refractivity contribution in [1.82, 2.24) is 9.62 Å². The molecule has 2 N–H and O–H groups in total. The van der Waals surface area contributed by atoms with Crippen LogP contribution in [0.25, 0.3) is 0 Å². The standard InChI is InChI=1S/C11H22N2O4S/c1-3-10(8-14)12-11(15)9-5-4-6-13(7-9)18(2,16)17/h9-10,14H,3-8H2,1-2H3,(H,12,15). The summed E-state index contributed by atoms with van der Waals surface area (Å²) in [7, 11) is -3.23. The van der Waals surface area contributed by atoms with E-state index in [0.29, 0.717) is 25.8 Å². The predicted molar refractivity (Wildman–Crippen MR) is 68.4 cm³/mol. The molecule has 106 valence electrons. The molecule has 1 amide bonds. The van der Waals surface area contributed by atoms with E-state index in [2.05, 4.69) is 5.32 Å². The van der Waals surface area contributed by atoms with Gasteiger partial charge in [0.1, 0.15) is 0 Å². The van der Waals surface area contributed by atoms with Gasteiger partial charge < -0.3 is 10.4 Å². The van der Waals surface area contributed by atoms with Crippen LogP contribution in [0.5, 0.6) is 0 Å². The highest BCUT2D eigenvalue weighted by Gasteiger charge is 2.30. The van der Waals surface area contributed by atoms with Gasteiger partial charge in [-0.1, -0.05) is 6.92 Å². The molecule has 2 unspecified atom stereocenters. The summed E-state index contributed by atoms with van der Waals surface area (Å²) in [6.45, 7) is 2.52. The Labute approximate surface area is 108 Å². The molecule has 0 aliphatic carbocycles. The molecule has 7 heteroatoms. The quantitative estimate of drug-likeness (QED) is 0.713. The van der Waals surface area contributed by atoms with Crippen molar-refractivity contribution < 1.29 is 18.3 Å². The second-order valence-electron chi connectivity index (χ2n) is 4.76. The maximum absolute atomic E-state index is 12.0. The average molecular weight is 278 g/mol. The van der Waals surface area contributed by atoms with Crippen molar-refractivity contribution >= 4 is 15.9 Å². The summed E-state index contributed by atoms with van der Waals surface area (Å²) in [4.78, 5) is 12.0. The first-order valence-corrected chi connectivity index (χ1v) is 8.09. The van der Waals surface area contributed by atoms with E-state index < -0.39 is 10.0 Å². The van der Waals surface area contributed by atoms with Crippen molar-refractivity contribution in [2.45, 2.75) is 32.2 Å². The number of piperidine rings is 1. The van der Waals surface area contributed by atoms with Crippen molar-refractivity contribution in [2.75, 3.05) is 26.0 Å². The first-order valence-electron chi connectivity index (χ1n) is 6.24. The lowest BCUT2D eigenvalue weighted by Gasteiger charge is -2.30. The summed E-state index contributed by atoms with van der Waals surface area (Å²) < 4.78 is 24.2. The third-order valence-electron chi connectivity index (χ3n) is 3.28. The lowest BCUT2D eigenvalue weighted by atomic mass is 9.98. The normalized spacial score (nSPS) is 23.6. The van der Waals surface area contributed by atoms with Gasteiger partial charge in [-0.05, 0) is 19.3 Å². The van der Waals surface area contributed by atoms with Gasteiger partial charge in [0.05, 0.1) is 24.8 Å². The van der Waals surface area contributed by atoms with Crippen molar-refractivity contribution in [2.24, 2.45) is 5.92 Å².